The third-order valence-corrected chi connectivity index (χ3v) is 5.59. The van der Waals surface area contributed by atoms with Gasteiger partial charge in [0.25, 0.3) is 0 Å². The third-order valence-electron chi connectivity index (χ3n) is 5.25. The molecule has 2 N–H and O–H groups in total. The van der Waals surface area contributed by atoms with Crippen LogP contribution >= 0.6 is 11.6 Å². The summed E-state index contributed by atoms with van der Waals surface area (Å²) >= 11 is 6.66. The topological polar surface area (TPSA) is 27.8 Å². The highest BCUT2D eigenvalue weighted by molar-refractivity contribution is 6.31. The van der Waals surface area contributed by atoms with E-state index in [0.29, 0.717) is 0 Å². The average molecular weight is 391 g/mol. The van der Waals surface area contributed by atoms with Crippen molar-refractivity contribution < 1.29 is 0 Å². The molecule has 1 aliphatic heterocycles. The second kappa shape index (κ2) is 8.99. The molecule has 3 unspecified atom stereocenters. The van der Waals surface area contributed by atoms with Crippen LogP contribution in [0.15, 0.2) is 79.7 Å². The molecule has 0 amide bonds. The van der Waals surface area contributed by atoms with Gasteiger partial charge in [-0.3, -0.25) is 0 Å². The Labute approximate surface area is 173 Å². The monoisotopic (exact) mass is 390 g/mol. The quantitative estimate of drug-likeness (QED) is 0.505. The smallest absolute Gasteiger partial charge is 0.0539 e. The van der Waals surface area contributed by atoms with Gasteiger partial charge < -0.3 is 10.3 Å². The van der Waals surface area contributed by atoms with E-state index in [9.17, 15) is 0 Å². The van der Waals surface area contributed by atoms with Crippen molar-refractivity contribution in [2.24, 2.45) is 5.92 Å². The van der Waals surface area contributed by atoms with Gasteiger partial charge in [0.15, 0.2) is 0 Å². The summed E-state index contributed by atoms with van der Waals surface area (Å²) in [5.74, 6) is 0.179. The molecule has 144 valence electrons. The highest BCUT2D eigenvalue weighted by Gasteiger charge is 2.34. The summed E-state index contributed by atoms with van der Waals surface area (Å²) in [6, 6.07) is 8.26. The van der Waals surface area contributed by atoms with Gasteiger partial charge in [-0.05, 0) is 48.9 Å². The van der Waals surface area contributed by atoms with Gasteiger partial charge in [-0.15, -0.1) is 6.58 Å². The van der Waals surface area contributed by atoms with Gasteiger partial charge in [0.05, 0.1) is 6.04 Å². The van der Waals surface area contributed by atoms with Gasteiger partial charge in [0, 0.05) is 34.3 Å². The molecule has 2 nitrogen and oxygen atoms in total. The van der Waals surface area contributed by atoms with E-state index in [1.54, 1.807) is 0 Å². The molecule has 0 saturated heterocycles. The first-order chi connectivity index (χ1) is 13.7. The maximum Gasteiger partial charge on any atom is 0.0539 e. The summed E-state index contributed by atoms with van der Waals surface area (Å²) < 4.78 is 0. The summed E-state index contributed by atoms with van der Waals surface area (Å²) in [7, 11) is 0. The largest absolute Gasteiger partial charge is 0.384 e. The van der Waals surface area contributed by atoms with Crippen LogP contribution < -0.4 is 5.32 Å². The van der Waals surface area contributed by atoms with Gasteiger partial charge in [0.2, 0.25) is 0 Å². The van der Waals surface area contributed by atoms with Crippen molar-refractivity contribution in [3.05, 3.63) is 107 Å². The van der Waals surface area contributed by atoms with E-state index in [0.717, 1.165) is 27.4 Å². The molecule has 0 bridgehead atoms. The Kier molecular flexibility index (Phi) is 6.43. The van der Waals surface area contributed by atoms with Crippen LogP contribution in [0.4, 0.5) is 0 Å². The SMILES string of the molecule is C=Cc1c(C(C2=CNC(/C=C\C)C2C=C)c2ccccc2Cl)c[nH]c1/C=C\C. The summed E-state index contributed by atoms with van der Waals surface area (Å²) in [5.41, 5.74) is 5.65. The number of halogens is 1. The standard InChI is InChI=1S/C25H27ClN2/c1-5-11-23-17(7-3)20(15-27-23)25(19-13-9-10-14-22(19)26)21-16-28-24(12-6-2)18(21)8-4/h5-17,23,25,27-28H,3-4H2,1-2H3/b11-5-,12-6-. The maximum absolute atomic E-state index is 6.66. The fourth-order valence-corrected chi connectivity index (χ4v) is 4.26. The normalized spacial score (nSPS) is 20.3. The second-order valence-corrected chi connectivity index (χ2v) is 7.26. The zero-order chi connectivity index (χ0) is 20.1. The number of aromatic nitrogens is 1. The first-order valence-electron chi connectivity index (χ1n) is 9.58. The van der Waals surface area contributed by atoms with Crippen LogP contribution in [-0.4, -0.2) is 11.0 Å². The molecular formula is C25H27ClN2. The van der Waals surface area contributed by atoms with Crippen LogP contribution in [-0.2, 0) is 0 Å². The van der Waals surface area contributed by atoms with Crippen LogP contribution in [0.2, 0.25) is 5.02 Å². The lowest BCUT2D eigenvalue weighted by Crippen LogP contribution is -2.24. The lowest BCUT2D eigenvalue weighted by Gasteiger charge is -2.25. The molecular weight excluding hydrogens is 364 g/mol. The highest BCUT2D eigenvalue weighted by atomic mass is 35.5. The Morgan fingerprint density at radius 2 is 1.89 bits per heavy atom. The van der Waals surface area contributed by atoms with E-state index in [1.807, 2.05) is 50.3 Å². The van der Waals surface area contributed by atoms with Gasteiger partial charge in [-0.1, -0.05) is 66.8 Å². The minimum atomic E-state index is 0.00251. The molecule has 3 atom stereocenters. The zero-order valence-electron chi connectivity index (χ0n) is 16.5. The summed E-state index contributed by atoms with van der Waals surface area (Å²) in [6.07, 6.45) is 16.5. The number of hydrogen-bond acceptors (Lipinski definition) is 1. The summed E-state index contributed by atoms with van der Waals surface area (Å²) in [6.45, 7) is 12.2. The van der Waals surface area contributed by atoms with E-state index >= 15 is 0 Å². The first kappa shape index (κ1) is 20.0. The first-order valence-corrected chi connectivity index (χ1v) is 9.96. The van der Waals surface area contributed by atoms with Crippen molar-refractivity contribution in [2.75, 3.05) is 0 Å². The predicted octanol–water partition coefficient (Wildman–Crippen LogP) is 6.71. The molecule has 0 spiro atoms. The van der Waals surface area contributed by atoms with Gasteiger partial charge in [-0.2, -0.15) is 0 Å². The van der Waals surface area contributed by atoms with Gasteiger partial charge >= 0.3 is 0 Å². The van der Waals surface area contributed by atoms with Crippen molar-refractivity contribution in [1.29, 1.82) is 0 Å². The molecule has 3 rings (SSSR count). The third kappa shape index (κ3) is 3.65. The number of rotatable bonds is 7. The number of benzene rings is 1. The zero-order valence-corrected chi connectivity index (χ0v) is 17.2. The number of allylic oxidation sites excluding steroid dienone is 2. The van der Waals surface area contributed by atoms with E-state index in [4.69, 9.17) is 11.6 Å². The Morgan fingerprint density at radius 1 is 1.11 bits per heavy atom. The summed E-state index contributed by atoms with van der Waals surface area (Å²) in [4.78, 5) is 3.40. The number of aromatic amines is 1. The number of nitrogens with one attached hydrogen (secondary N) is 2. The maximum atomic E-state index is 6.66. The predicted molar refractivity (Wildman–Crippen MR) is 122 cm³/mol. The van der Waals surface area contributed by atoms with Crippen LogP contribution in [0.5, 0.6) is 0 Å². The van der Waals surface area contributed by atoms with Crippen LogP contribution in [0, 0.1) is 5.92 Å². The molecule has 1 aliphatic rings. The molecule has 0 saturated carbocycles. The minimum Gasteiger partial charge on any atom is -0.384 e. The van der Waals surface area contributed by atoms with Crippen LogP contribution in [0.25, 0.3) is 12.2 Å². The minimum absolute atomic E-state index is 0.00251. The fraction of sp³-hybridized carbons (Fsp3) is 0.200. The fourth-order valence-electron chi connectivity index (χ4n) is 4.01. The molecule has 2 aromatic rings. The summed E-state index contributed by atoms with van der Waals surface area (Å²) in [5, 5.41) is 4.26. The average Bonchev–Trinajstić information content (AvgIpc) is 3.28. The second-order valence-electron chi connectivity index (χ2n) is 6.85. The molecule has 0 radical (unpaired) electrons. The Balaban J connectivity index is 2.20. The van der Waals surface area contributed by atoms with E-state index in [1.165, 1.54) is 5.57 Å². The number of H-pyrrole nitrogens is 1. The van der Waals surface area contributed by atoms with E-state index in [-0.39, 0.29) is 17.9 Å². The van der Waals surface area contributed by atoms with E-state index < -0.39 is 0 Å². The molecule has 28 heavy (non-hydrogen) atoms. The lowest BCUT2D eigenvalue weighted by molar-refractivity contribution is 0.620. The number of hydrogen-bond donors (Lipinski definition) is 2. The molecule has 1 aromatic carbocycles. The lowest BCUT2D eigenvalue weighted by atomic mass is 9.78. The van der Waals surface area contributed by atoms with Crippen molar-refractivity contribution >= 4 is 23.8 Å². The van der Waals surface area contributed by atoms with E-state index in [2.05, 4.69) is 60.1 Å². The van der Waals surface area contributed by atoms with Crippen molar-refractivity contribution in [2.45, 2.75) is 25.8 Å². The van der Waals surface area contributed by atoms with Crippen LogP contribution in [0.1, 0.15) is 42.1 Å². The Bertz CT molecular complexity index is 945. The molecule has 0 fully saturated rings. The van der Waals surface area contributed by atoms with Gasteiger partial charge in [0.1, 0.15) is 0 Å². The van der Waals surface area contributed by atoms with Crippen LogP contribution in [0.3, 0.4) is 0 Å². The molecule has 0 aliphatic carbocycles. The Hall–Kier alpha value is -2.71. The van der Waals surface area contributed by atoms with Crippen molar-refractivity contribution in [3.63, 3.8) is 0 Å². The van der Waals surface area contributed by atoms with Crippen molar-refractivity contribution in [1.82, 2.24) is 10.3 Å². The van der Waals surface area contributed by atoms with Crippen molar-refractivity contribution in [3.8, 4) is 0 Å². The molecule has 3 heteroatoms. The Morgan fingerprint density at radius 3 is 2.54 bits per heavy atom. The molecule has 2 heterocycles. The highest BCUT2D eigenvalue weighted by Crippen LogP contribution is 2.44. The molecule has 1 aromatic heterocycles. The van der Waals surface area contributed by atoms with Gasteiger partial charge in [-0.25, -0.2) is 0 Å².